The Labute approximate surface area is 264 Å². The van der Waals surface area contributed by atoms with Gasteiger partial charge in [0.1, 0.15) is 11.3 Å². The van der Waals surface area contributed by atoms with Gasteiger partial charge in [0.15, 0.2) is 5.76 Å². The van der Waals surface area contributed by atoms with Crippen LogP contribution in [0.4, 0.5) is 11.4 Å². The van der Waals surface area contributed by atoms with Gasteiger partial charge in [0, 0.05) is 35.4 Å². The fourth-order valence-electron chi connectivity index (χ4n) is 5.98. The molecular formula is C36H30N2O8. The second-order valence-corrected chi connectivity index (χ2v) is 11.3. The zero-order valence-electron chi connectivity index (χ0n) is 26.1. The van der Waals surface area contributed by atoms with Gasteiger partial charge in [-0.1, -0.05) is 35.4 Å². The molecular weight excluding hydrogens is 588 g/mol. The number of aryl methyl sites for hydroxylation is 6. The van der Waals surface area contributed by atoms with Crippen LogP contribution in [0.2, 0.25) is 0 Å². The van der Waals surface area contributed by atoms with Crippen molar-refractivity contribution in [2.45, 2.75) is 41.5 Å². The van der Waals surface area contributed by atoms with Crippen LogP contribution >= 0.6 is 0 Å². The Hall–Kier alpha value is -5.90. The smallest absolute Gasteiger partial charge is 0.348 e. The highest BCUT2D eigenvalue weighted by atomic mass is 16.6. The van der Waals surface area contributed by atoms with E-state index in [9.17, 15) is 29.8 Å². The Morgan fingerprint density at radius 3 is 1.63 bits per heavy atom. The van der Waals surface area contributed by atoms with Crippen molar-refractivity contribution in [1.82, 2.24) is 0 Å². The molecule has 1 heterocycles. The first-order valence-electron chi connectivity index (χ1n) is 14.4. The molecule has 0 bridgehead atoms. The zero-order chi connectivity index (χ0) is 33.4. The lowest BCUT2D eigenvalue weighted by atomic mass is 9.84. The quantitative estimate of drug-likeness (QED) is 0.0674. The van der Waals surface area contributed by atoms with E-state index in [1.807, 2.05) is 65.8 Å². The van der Waals surface area contributed by atoms with E-state index in [2.05, 4.69) is 0 Å². The topological polar surface area (TPSA) is 139 Å². The molecule has 4 aromatic rings. The van der Waals surface area contributed by atoms with Crippen LogP contribution in [0.25, 0.3) is 11.3 Å². The lowest BCUT2D eigenvalue weighted by molar-refractivity contribution is -0.385. The van der Waals surface area contributed by atoms with Gasteiger partial charge in [0.05, 0.1) is 15.4 Å². The van der Waals surface area contributed by atoms with Gasteiger partial charge >= 0.3 is 11.9 Å². The summed E-state index contributed by atoms with van der Waals surface area (Å²) in [5.74, 6) is -1.51. The van der Waals surface area contributed by atoms with Crippen LogP contribution in [0.5, 0.6) is 5.75 Å². The lowest BCUT2D eigenvalue weighted by Crippen LogP contribution is -2.17. The second kappa shape index (κ2) is 12.2. The van der Waals surface area contributed by atoms with Gasteiger partial charge in [0.25, 0.3) is 11.4 Å². The monoisotopic (exact) mass is 618 g/mol. The summed E-state index contributed by atoms with van der Waals surface area (Å²) in [6, 6.07) is 18.6. The Morgan fingerprint density at radius 2 is 1.15 bits per heavy atom. The molecule has 0 aliphatic carbocycles. The second-order valence-electron chi connectivity index (χ2n) is 11.3. The van der Waals surface area contributed by atoms with E-state index in [0.29, 0.717) is 33.6 Å². The maximum atomic E-state index is 14.3. The molecule has 46 heavy (non-hydrogen) atoms. The number of nitrogens with zero attached hydrogens (tertiary/aromatic N) is 2. The minimum atomic E-state index is -0.869. The number of cyclic esters (lactones) is 1. The summed E-state index contributed by atoms with van der Waals surface area (Å²) in [4.78, 5) is 50.0. The number of rotatable bonds is 7. The maximum absolute atomic E-state index is 14.3. The van der Waals surface area contributed by atoms with Crippen molar-refractivity contribution in [3.05, 3.63) is 154 Å². The summed E-state index contributed by atoms with van der Waals surface area (Å²) in [7, 11) is 0. The predicted octanol–water partition coefficient (Wildman–Crippen LogP) is 7.73. The number of nitro benzene ring substituents is 2. The molecule has 0 atom stereocenters. The van der Waals surface area contributed by atoms with Crippen LogP contribution in [0.3, 0.4) is 0 Å². The van der Waals surface area contributed by atoms with Crippen LogP contribution < -0.4 is 4.74 Å². The van der Waals surface area contributed by atoms with E-state index in [1.54, 1.807) is 0 Å². The molecule has 0 saturated heterocycles. The molecule has 0 N–H and O–H groups in total. The van der Waals surface area contributed by atoms with Gasteiger partial charge in [0.2, 0.25) is 0 Å². The number of benzene rings is 4. The Bertz CT molecular complexity index is 1970. The molecule has 232 valence electrons. The number of carbonyl (C=O) groups is 2. The summed E-state index contributed by atoms with van der Waals surface area (Å²) < 4.78 is 11.8. The minimum Gasteiger partial charge on any atom is -0.422 e. The van der Waals surface area contributed by atoms with Gasteiger partial charge < -0.3 is 9.47 Å². The van der Waals surface area contributed by atoms with E-state index in [4.69, 9.17) is 9.47 Å². The van der Waals surface area contributed by atoms with Crippen molar-refractivity contribution in [2.24, 2.45) is 0 Å². The number of hydrogen-bond acceptors (Lipinski definition) is 8. The van der Waals surface area contributed by atoms with Crippen molar-refractivity contribution < 1.29 is 28.9 Å². The first kappa shape index (κ1) is 31.5. The number of nitro groups is 2. The molecule has 10 heteroatoms. The molecule has 5 rings (SSSR count). The number of ether oxygens (including phenoxy) is 2. The molecule has 0 spiro atoms. The summed E-state index contributed by atoms with van der Waals surface area (Å²) in [6.07, 6.45) is 0. The average molecular weight is 619 g/mol. The molecule has 4 aromatic carbocycles. The third kappa shape index (κ3) is 5.92. The van der Waals surface area contributed by atoms with Crippen molar-refractivity contribution in [3.63, 3.8) is 0 Å². The molecule has 0 unspecified atom stereocenters. The SMILES string of the molecule is Cc1cc(C)c(OC(=O)C2=C(c3ccc([N+](=O)[O-])cc3)OC(=O)/C2=C(\c2ccc([N+](=O)[O-])cc2)c2c(C)cc(C)cc2C)c(C)c1. The third-order valence-electron chi connectivity index (χ3n) is 7.76. The number of hydrogen-bond donors (Lipinski definition) is 0. The molecule has 0 saturated carbocycles. The van der Waals surface area contributed by atoms with Gasteiger partial charge in [-0.05, 0) is 99.2 Å². The summed E-state index contributed by atoms with van der Waals surface area (Å²) in [6.45, 7) is 11.2. The molecule has 10 nitrogen and oxygen atoms in total. The standard InChI is InChI=1S/C36H30N2O8/c1-19-15-21(3)29(22(4)16-19)30(25-7-11-27(12-8-25)37(41)42)31-32(36(40)45-33-23(5)17-20(2)18-24(33)6)34(46-35(31)39)26-9-13-28(14-10-26)38(43)44/h7-18H,1-6H3/b31-30+. The summed E-state index contributed by atoms with van der Waals surface area (Å²) in [5, 5.41) is 22.8. The first-order chi connectivity index (χ1) is 21.8. The fraction of sp³-hybridized carbons (Fsp3) is 0.167. The number of non-ortho nitro benzene ring substituents is 2. The van der Waals surface area contributed by atoms with Gasteiger partial charge in [-0.15, -0.1) is 0 Å². The molecule has 0 radical (unpaired) electrons. The van der Waals surface area contributed by atoms with Crippen molar-refractivity contribution in [2.75, 3.05) is 0 Å². The molecule has 0 aromatic heterocycles. The van der Waals surface area contributed by atoms with Crippen LogP contribution in [0.1, 0.15) is 50.1 Å². The van der Waals surface area contributed by atoms with Gasteiger partial charge in [-0.2, -0.15) is 0 Å². The average Bonchev–Trinajstić information content (AvgIpc) is 3.33. The highest BCUT2D eigenvalue weighted by molar-refractivity contribution is 6.22. The fourth-order valence-corrected chi connectivity index (χ4v) is 5.98. The third-order valence-corrected chi connectivity index (χ3v) is 7.76. The van der Waals surface area contributed by atoms with Crippen LogP contribution in [-0.4, -0.2) is 21.8 Å². The number of carbonyl (C=O) groups excluding carboxylic acids is 2. The molecule has 0 amide bonds. The highest BCUT2D eigenvalue weighted by Gasteiger charge is 2.40. The normalized spacial score (nSPS) is 13.8. The zero-order valence-corrected chi connectivity index (χ0v) is 26.1. The van der Waals surface area contributed by atoms with Crippen molar-refractivity contribution >= 4 is 34.6 Å². The maximum Gasteiger partial charge on any atom is 0.348 e. The van der Waals surface area contributed by atoms with Crippen LogP contribution in [0.15, 0.2) is 83.9 Å². The van der Waals surface area contributed by atoms with Crippen molar-refractivity contribution in [1.29, 1.82) is 0 Å². The minimum absolute atomic E-state index is 0.0929. The Morgan fingerprint density at radius 1 is 0.696 bits per heavy atom. The van der Waals surface area contributed by atoms with E-state index < -0.39 is 21.8 Å². The summed E-state index contributed by atoms with van der Waals surface area (Å²) >= 11 is 0. The van der Waals surface area contributed by atoms with Crippen molar-refractivity contribution in [3.8, 4) is 5.75 Å². The van der Waals surface area contributed by atoms with Crippen LogP contribution in [-0.2, 0) is 14.3 Å². The predicted molar refractivity (Wildman–Crippen MR) is 172 cm³/mol. The molecule has 1 aliphatic rings. The highest BCUT2D eigenvalue weighted by Crippen LogP contribution is 2.43. The van der Waals surface area contributed by atoms with E-state index in [1.165, 1.54) is 48.5 Å². The van der Waals surface area contributed by atoms with E-state index in [-0.39, 0.29) is 33.8 Å². The Balaban J connectivity index is 1.85. The Kier molecular flexibility index (Phi) is 8.39. The van der Waals surface area contributed by atoms with Crippen LogP contribution in [0, 0.1) is 61.8 Å². The van der Waals surface area contributed by atoms with E-state index in [0.717, 1.165) is 22.3 Å². The lowest BCUT2D eigenvalue weighted by Gasteiger charge is -2.19. The van der Waals surface area contributed by atoms with Gasteiger partial charge in [-0.3, -0.25) is 20.2 Å². The first-order valence-corrected chi connectivity index (χ1v) is 14.4. The molecule has 1 aliphatic heterocycles. The molecule has 0 fully saturated rings. The largest absolute Gasteiger partial charge is 0.422 e. The van der Waals surface area contributed by atoms with Gasteiger partial charge in [-0.25, -0.2) is 9.59 Å². The van der Waals surface area contributed by atoms with E-state index >= 15 is 0 Å². The number of esters is 2. The summed E-state index contributed by atoms with van der Waals surface area (Å²) in [5.41, 5.74) is 6.03.